The molecule has 0 N–H and O–H groups in total. The van der Waals surface area contributed by atoms with Crippen molar-refractivity contribution < 1.29 is 26.3 Å². The molecule has 6 heteroatoms. The Morgan fingerprint density at radius 3 is 1.81 bits per heavy atom. The van der Waals surface area contributed by atoms with E-state index in [1.54, 1.807) is 6.08 Å². The van der Waals surface area contributed by atoms with Crippen LogP contribution in [0.2, 0.25) is 0 Å². The van der Waals surface area contributed by atoms with Gasteiger partial charge in [0.05, 0.1) is 5.56 Å². The van der Waals surface area contributed by atoms with Gasteiger partial charge in [-0.15, -0.1) is 6.58 Å². The Morgan fingerprint density at radius 2 is 1.17 bits per heavy atom. The number of fused-ring (bicyclic) bond motifs is 1. The third kappa shape index (κ3) is 5.63. The zero-order valence-electron chi connectivity index (χ0n) is 19.1. The summed E-state index contributed by atoms with van der Waals surface area (Å²) in [5.41, 5.74) is 0.493. The van der Waals surface area contributed by atoms with Gasteiger partial charge in [0.15, 0.2) is 11.6 Å². The largest absolute Gasteiger partial charge is 0.207 e. The minimum atomic E-state index is -1.01. The Hall–Kier alpha value is -3.98. The van der Waals surface area contributed by atoms with Gasteiger partial charge >= 0.3 is 0 Å². The number of hydrogen-bond acceptors (Lipinski definition) is 0. The first-order chi connectivity index (χ1) is 17.2. The highest BCUT2D eigenvalue weighted by molar-refractivity contribution is 5.84. The van der Waals surface area contributed by atoms with Gasteiger partial charge in [0.1, 0.15) is 23.3 Å². The van der Waals surface area contributed by atoms with Crippen molar-refractivity contribution in [1.29, 1.82) is 0 Å². The van der Waals surface area contributed by atoms with E-state index in [9.17, 15) is 26.3 Å². The molecule has 0 amide bonds. The number of allylic oxidation sites excluding steroid dienone is 1. The second kappa shape index (κ2) is 10.7. The van der Waals surface area contributed by atoms with Crippen LogP contribution in [-0.2, 0) is 19.3 Å². The Balaban J connectivity index is 1.52. The molecule has 0 nitrogen and oxygen atoms in total. The monoisotopic (exact) mass is 494 g/mol. The fourth-order valence-corrected chi connectivity index (χ4v) is 3.92. The van der Waals surface area contributed by atoms with Gasteiger partial charge in [-0.3, -0.25) is 0 Å². The van der Waals surface area contributed by atoms with Crippen molar-refractivity contribution in [2.75, 3.05) is 0 Å². The lowest BCUT2D eigenvalue weighted by molar-refractivity contribution is 0.511. The predicted octanol–water partition coefficient (Wildman–Crippen LogP) is 7.98. The molecule has 4 aromatic carbocycles. The van der Waals surface area contributed by atoms with E-state index in [4.69, 9.17) is 0 Å². The van der Waals surface area contributed by atoms with Gasteiger partial charge < -0.3 is 0 Å². The summed E-state index contributed by atoms with van der Waals surface area (Å²) in [5, 5.41) is 0.852. The van der Waals surface area contributed by atoms with E-state index in [-0.39, 0.29) is 24.0 Å². The Kier molecular flexibility index (Phi) is 7.49. The molecule has 0 saturated carbocycles. The third-order valence-corrected chi connectivity index (χ3v) is 5.81. The van der Waals surface area contributed by atoms with Crippen molar-refractivity contribution in [2.45, 2.75) is 25.7 Å². The van der Waals surface area contributed by atoms with Gasteiger partial charge in [0, 0.05) is 11.1 Å². The minimum absolute atomic E-state index is 0.0220. The first-order valence-electron chi connectivity index (χ1n) is 11.2. The zero-order chi connectivity index (χ0) is 25.8. The minimum Gasteiger partial charge on any atom is -0.207 e. The molecule has 0 saturated heterocycles. The van der Waals surface area contributed by atoms with Crippen LogP contribution in [0, 0.1) is 46.7 Å². The standard InChI is InChI=1S/C30H20F6/c1-2-3-4-19-12-25(31)24(26(32)13-19)10-7-20-14-27(33)23(28(34)15-20)9-6-18-5-8-21-16-29(35)30(36)17-22(21)11-18/h2,5,8,11-17H,1,3-4,7,10H2. The van der Waals surface area contributed by atoms with Crippen LogP contribution in [0.3, 0.4) is 0 Å². The number of hydrogen-bond donors (Lipinski definition) is 0. The number of benzene rings is 4. The quantitative estimate of drug-likeness (QED) is 0.145. The molecule has 0 aliphatic heterocycles. The summed E-state index contributed by atoms with van der Waals surface area (Å²) in [6.45, 7) is 3.58. The SMILES string of the molecule is C=CCCc1cc(F)c(CCc2cc(F)c(C#Cc3ccc4cc(F)c(F)cc4c3)c(F)c2)c(F)c1. The van der Waals surface area contributed by atoms with Crippen LogP contribution < -0.4 is 0 Å². The summed E-state index contributed by atoms with van der Waals surface area (Å²) in [5.74, 6) is -0.138. The van der Waals surface area contributed by atoms with Crippen molar-refractivity contribution >= 4 is 10.8 Å². The van der Waals surface area contributed by atoms with Crippen molar-refractivity contribution in [1.82, 2.24) is 0 Å². The van der Waals surface area contributed by atoms with Gasteiger partial charge in [-0.2, -0.15) is 0 Å². The molecule has 0 aliphatic rings. The van der Waals surface area contributed by atoms with Gasteiger partial charge in [0.25, 0.3) is 0 Å². The molecule has 182 valence electrons. The summed E-state index contributed by atoms with van der Waals surface area (Å²) in [6, 6.07) is 11.3. The average molecular weight is 494 g/mol. The maximum absolute atomic E-state index is 14.6. The average Bonchev–Trinajstić information content (AvgIpc) is 2.82. The summed E-state index contributed by atoms with van der Waals surface area (Å²) in [7, 11) is 0. The van der Waals surface area contributed by atoms with E-state index in [1.807, 2.05) is 0 Å². The molecule has 0 spiro atoms. The lowest BCUT2D eigenvalue weighted by Crippen LogP contribution is -2.02. The van der Waals surface area contributed by atoms with Gasteiger partial charge in [-0.05, 0) is 96.1 Å². The summed E-state index contributed by atoms with van der Waals surface area (Å²) >= 11 is 0. The fraction of sp³-hybridized carbons (Fsp3) is 0.133. The third-order valence-electron chi connectivity index (χ3n) is 5.81. The molecule has 0 unspecified atom stereocenters. The number of halogens is 6. The molecule has 4 aromatic rings. The van der Waals surface area contributed by atoms with Crippen molar-refractivity contribution in [3.63, 3.8) is 0 Å². The molecule has 0 atom stereocenters. The van der Waals surface area contributed by atoms with Crippen LogP contribution in [0.15, 0.2) is 67.3 Å². The van der Waals surface area contributed by atoms with E-state index >= 15 is 0 Å². The van der Waals surface area contributed by atoms with Gasteiger partial charge in [0.2, 0.25) is 0 Å². The smallest absolute Gasteiger partial charge is 0.159 e. The van der Waals surface area contributed by atoms with E-state index < -0.39 is 40.5 Å². The first kappa shape index (κ1) is 25.1. The van der Waals surface area contributed by atoms with Crippen LogP contribution in [0.4, 0.5) is 26.3 Å². The molecule has 0 fully saturated rings. The van der Waals surface area contributed by atoms with Crippen LogP contribution in [0.5, 0.6) is 0 Å². The fourth-order valence-electron chi connectivity index (χ4n) is 3.92. The maximum atomic E-state index is 14.6. The molecular weight excluding hydrogens is 474 g/mol. The van der Waals surface area contributed by atoms with E-state index in [0.717, 1.165) is 24.3 Å². The number of rotatable bonds is 6. The molecule has 0 radical (unpaired) electrons. The molecule has 0 aliphatic carbocycles. The lowest BCUT2D eigenvalue weighted by atomic mass is 9.99. The highest BCUT2D eigenvalue weighted by Gasteiger charge is 2.14. The predicted molar refractivity (Wildman–Crippen MR) is 128 cm³/mol. The molecule has 36 heavy (non-hydrogen) atoms. The Morgan fingerprint density at radius 1 is 0.583 bits per heavy atom. The zero-order valence-corrected chi connectivity index (χ0v) is 19.1. The van der Waals surface area contributed by atoms with E-state index in [2.05, 4.69) is 18.4 Å². The topological polar surface area (TPSA) is 0 Å². The Bertz CT molecular complexity index is 1480. The highest BCUT2D eigenvalue weighted by Crippen LogP contribution is 2.22. The maximum Gasteiger partial charge on any atom is 0.159 e. The number of aryl methyl sites for hydroxylation is 2. The van der Waals surface area contributed by atoms with Gasteiger partial charge in [-0.25, -0.2) is 26.3 Å². The van der Waals surface area contributed by atoms with Crippen molar-refractivity contribution in [3.05, 3.63) is 130 Å². The lowest BCUT2D eigenvalue weighted by Gasteiger charge is -2.09. The van der Waals surface area contributed by atoms with Crippen LogP contribution >= 0.6 is 0 Å². The van der Waals surface area contributed by atoms with Crippen molar-refractivity contribution in [3.8, 4) is 11.8 Å². The normalized spacial score (nSPS) is 10.8. The summed E-state index contributed by atoms with van der Waals surface area (Å²) in [4.78, 5) is 0. The summed E-state index contributed by atoms with van der Waals surface area (Å²) in [6.07, 6.45) is 2.66. The van der Waals surface area contributed by atoms with Crippen LogP contribution in [-0.4, -0.2) is 0 Å². The first-order valence-corrected chi connectivity index (χ1v) is 11.2. The Labute approximate surface area is 204 Å². The van der Waals surface area contributed by atoms with E-state index in [0.29, 0.717) is 34.7 Å². The molecule has 0 aromatic heterocycles. The van der Waals surface area contributed by atoms with E-state index in [1.165, 1.54) is 30.3 Å². The van der Waals surface area contributed by atoms with Crippen LogP contribution in [0.1, 0.15) is 34.2 Å². The second-order valence-corrected chi connectivity index (χ2v) is 8.38. The highest BCUT2D eigenvalue weighted by atomic mass is 19.2. The summed E-state index contributed by atoms with van der Waals surface area (Å²) < 4.78 is 84.9. The molecule has 0 heterocycles. The van der Waals surface area contributed by atoms with Gasteiger partial charge in [-0.1, -0.05) is 24.0 Å². The van der Waals surface area contributed by atoms with Crippen LogP contribution in [0.25, 0.3) is 10.8 Å². The van der Waals surface area contributed by atoms with Crippen molar-refractivity contribution in [2.24, 2.45) is 0 Å². The molecule has 0 bridgehead atoms. The molecule has 4 rings (SSSR count). The molecular formula is C30H20F6. The second-order valence-electron chi connectivity index (χ2n) is 8.38.